The summed E-state index contributed by atoms with van der Waals surface area (Å²) in [6.07, 6.45) is 5.72. The molecule has 1 rings (SSSR count). The molecule has 0 unspecified atom stereocenters. The maximum absolute atomic E-state index is 11.5. The predicted molar refractivity (Wildman–Crippen MR) is 62.4 cm³/mol. The molecule has 0 aliphatic carbocycles. The van der Waals surface area contributed by atoms with Crippen molar-refractivity contribution in [3.05, 3.63) is 42.0 Å². The van der Waals surface area contributed by atoms with E-state index in [1.165, 1.54) is 12.1 Å². The fourth-order valence-electron chi connectivity index (χ4n) is 1.22. The zero-order valence-electron chi connectivity index (χ0n) is 9.35. The van der Waals surface area contributed by atoms with E-state index in [-0.39, 0.29) is 5.75 Å². The fourth-order valence-corrected chi connectivity index (χ4v) is 1.22. The van der Waals surface area contributed by atoms with Gasteiger partial charge in [-0.25, -0.2) is 4.79 Å². The van der Waals surface area contributed by atoms with Crippen LogP contribution >= 0.6 is 0 Å². The number of carbonyl (C=O) groups excluding carboxylic acids is 1. The second-order valence-electron chi connectivity index (χ2n) is 3.35. The van der Waals surface area contributed by atoms with Crippen LogP contribution in [0.2, 0.25) is 0 Å². The van der Waals surface area contributed by atoms with E-state index in [0.717, 1.165) is 12.8 Å². The minimum atomic E-state index is -0.402. The van der Waals surface area contributed by atoms with Crippen molar-refractivity contribution in [3.8, 4) is 5.75 Å². The molecule has 0 amide bonds. The third kappa shape index (κ3) is 4.17. The van der Waals surface area contributed by atoms with E-state index in [2.05, 4.69) is 6.92 Å². The van der Waals surface area contributed by atoms with Gasteiger partial charge in [-0.1, -0.05) is 25.1 Å². The van der Waals surface area contributed by atoms with Crippen LogP contribution in [0.1, 0.15) is 30.1 Å². The van der Waals surface area contributed by atoms with Gasteiger partial charge in [0, 0.05) is 0 Å². The molecular formula is C13H16O3. The lowest BCUT2D eigenvalue weighted by Crippen LogP contribution is -2.05. The molecule has 1 N–H and O–H groups in total. The Balaban J connectivity index is 2.38. The van der Waals surface area contributed by atoms with Gasteiger partial charge in [0.05, 0.1) is 12.2 Å². The van der Waals surface area contributed by atoms with E-state index in [4.69, 9.17) is 4.74 Å². The average Bonchev–Trinajstić information content (AvgIpc) is 2.28. The van der Waals surface area contributed by atoms with Gasteiger partial charge in [0.25, 0.3) is 0 Å². The Hall–Kier alpha value is -1.77. The smallest absolute Gasteiger partial charge is 0.338 e. The summed E-state index contributed by atoms with van der Waals surface area (Å²) in [7, 11) is 0. The van der Waals surface area contributed by atoms with Crippen LogP contribution < -0.4 is 0 Å². The molecule has 0 aliphatic heterocycles. The quantitative estimate of drug-likeness (QED) is 0.471. The maximum Gasteiger partial charge on any atom is 0.338 e. The molecule has 0 atom stereocenters. The van der Waals surface area contributed by atoms with E-state index in [9.17, 15) is 9.90 Å². The first-order valence-electron chi connectivity index (χ1n) is 5.35. The second-order valence-corrected chi connectivity index (χ2v) is 3.35. The van der Waals surface area contributed by atoms with Crippen molar-refractivity contribution in [3.63, 3.8) is 0 Å². The van der Waals surface area contributed by atoms with Crippen molar-refractivity contribution in [1.29, 1.82) is 0 Å². The number of ether oxygens (including phenoxy) is 1. The number of aromatic hydroxyl groups is 1. The Labute approximate surface area is 95.4 Å². The van der Waals surface area contributed by atoms with Gasteiger partial charge in [0.2, 0.25) is 0 Å². The highest BCUT2D eigenvalue weighted by Crippen LogP contribution is 2.11. The number of phenols is 1. The molecule has 1 aromatic rings. The molecule has 16 heavy (non-hydrogen) atoms. The number of hydrogen-bond acceptors (Lipinski definition) is 3. The molecule has 86 valence electrons. The Morgan fingerprint density at radius 3 is 2.94 bits per heavy atom. The Morgan fingerprint density at radius 2 is 2.25 bits per heavy atom. The van der Waals surface area contributed by atoms with E-state index in [1.54, 1.807) is 12.1 Å². The van der Waals surface area contributed by atoms with Gasteiger partial charge in [-0.3, -0.25) is 0 Å². The van der Waals surface area contributed by atoms with Gasteiger partial charge in [0.1, 0.15) is 5.75 Å². The molecule has 0 saturated carbocycles. The summed E-state index contributed by atoms with van der Waals surface area (Å²) in [4.78, 5) is 11.5. The lowest BCUT2D eigenvalue weighted by atomic mass is 10.2. The lowest BCUT2D eigenvalue weighted by Gasteiger charge is -2.03. The lowest BCUT2D eigenvalue weighted by molar-refractivity contribution is 0.0511. The van der Waals surface area contributed by atoms with E-state index >= 15 is 0 Å². The van der Waals surface area contributed by atoms with Crippen LogP contribution in [0, 0.1) is 0 Å². The molecule has 0 spiro atoms. The number of hydrogen-bond donors (Lipinski definition) is 1. The van der Waals surface area contributed by atoms with Crippen molar-refractivity contribution < 1.29 is 14.6 Å². The van der Waals surface area contributed by atoms with Crippen LogP contribution in [0.15, 0.2) is 36.4 Å². The molecule has 0 radical (unpaired) electrons. The van der Waals surface area contributed by atoms with Gasteiger partial charge >= 0.3 is 5.97 Å². The second kappa shape index (κ2) is 6.67. The highest BCUT2D eigenvalue weighted by molar-refractivity contribution is 5.89. The van der Waals surface area contributed by atoms with Crippen LogP contribution in [0.3, 0.4) is 0 Å². The zero-order valence-corrected chi connectivity index (χ0v) is 9.35. The standard InChI is InChI=1S/C13H16O3/c1-2-3-4-5-9-16-13(15)11-7-6-8-12(14)10-11/h3-4,6-8,10,14H,2,5,9H2,1H3. The van der Waals surface area contributed by atoms with Gasteiger partial charge in [-0.15, -0.1) is 0 Å². The van der Waals surface area contributed by atoms with Crippen molar-refractivity contribution in [2.75, 3.05) is 6.61 Å². The predicted octanol–water partition coefficient (Wildman–Crippen LogP) is 2.91. The van der Waals surface area contributed by atoms with Crippen LogP contribution in [-0.2, 0) is 4.74 Å². The summed E-state index contributed by atoms with van der Waals surface area (Å²) in [5.41, 5.74) is 0.375. The van der Waals surface area contributed by atoms with E-state index in [1.807, 2.05) is 12.2 Å². The molecular weight excluding hydrogens is 204 g/mol. The molecule has 0 saturated heterocycles. The molecule has 0 fully saturated rings. The van der Waals surface area contributed by atoms with E-state index in [0.29, 0.717) is 12.2 Å². The minimum Gasteiger partial charge on any atom is -0.508 e. The number of benzene rings is 1. The SMILES string of the molecule is CCC=CCCOC(=O)c1cccc(O)c1. The van der Waals surface area contributed by atoms with Crippen LogP contribution in [0.25, 0.3) is 0 Å². The first kappa shape index (κ1) is 12.3. The third-order valence-corrected chi connectivity index (χ3v) is 2.00. The van der Waals surface area contributed by atoms with Gasteiger partial charge < -0.3 is 9.84 Å². The van der Waals surface area contributed by atoms with Gasteiger partial charge in [0.15, 0.2) is 0 Å². The largest absolute Gasteiger partial charge is 0.508 e. The minimum absolute atomic E-state index is 0.0697. The highest BCUT2D eigenvalue weighted by atomic mass is 16.5. The van der Waals surface area contributed by atoms with Crippen molar-refractivity contribution in [1.82, 2.24) is 0 Å². The summed E-state index contributed by atoms with van der Waals surface area (Å²) in [6, 6.07) is 6.14. The monoisotopic (exact) mass is 220 g/mol. The number of rotatable bonds is 5. The number of carbonyl (C=O) groups is 1. The van der Waals surface area contributed by atoms with Crippen molar-refractivity contribution >= 4 is 5.97 Å². The number of allylic oxidation sites excluding steroid dienone is 1. The molecule has 3 heteroatoms. The summed E-state index contributed by atoms with van der Waals surface area (Å²) >= 11 is 0. The molecule has 3 nitrogen and oxygen atoms in total. The van der Waals surface area contributed by atoms with Gasteiger partial charge in [-0.2, -0.15) is 0 Å². The molecule has 0 bridgehead atoms. The van der Waals surface area contributed by atoms with Crippen LogP contribution in [-0.4, -0.2) is 17.7 Å². The summed E-state index contributed by atoms with van der Waals surface area (Å²) in [5, 5.41) is 9.18. The molecule has 1 aromatic carbocycles. The third-order valence-electron chi connectivity index (χ3n) is 2.00. The Morgan fingerprint density at radius 1 is 1.44 bits per heavy atom. The average molecular weight is 220 g/mol. The summed E-state index contributed by atoms with van der Waals surface area (Å²) in [6.45, 7) is 2.42. The Bertz CT molecular complexity index is 369. The number of phenolic OH excluding ortho intramolecular Hbond substituents is 1. The Kier molecular flexibility index (Phi) is 5.12. The zero-order chi connectivity index (χ0) is 11.8. The number of esters is 1. The fraction of sp³-hybridized carbons (Fsp3) is 0.308. The maximum atomic E-state index is 11.5. The summed E-state index contributed by atoms with van der Waals surface area (Å²) in [5.74, 6) is -0.332. The molecule has 0 aromatic heterocycles. The normalized spacial score (nSPS) is 10.6. The van der Waals surface area contributed by atoms with Crippen molar-refractivity contribution in [2.45, 2.75) is 19.8 Å². The first-order chi connectivity index (χ1) is 7.74. The van der Waals surface area contributed by atoms with Crippen molar-refractivity contribution in [2.24, 2.45) is 0 Å². The van der Waals surface area contributed by atoms with Gasteiger partial charge in [-0.05, 0) is 31.0 Å². The molecule has 0 heterocycles. The highest BCUT2D eigenvalue weighted by Gasteiger charge is 2.06. The van der Waals surface area contributed by atoms with E-state index < -0.39 is 5.97 Å². The van der Waals surface area contributed by atoms with Crippen LogP contribution in [0.4, 0.5) is 0 Å². The summed E-state index contributed by atoms with van der Waals surface area (Å²) < 4.78 is 5.03. The molecule has 0 aliphatic rings. The van der Waals surface area contributed by atoms with Crippen LogP contribution in [0.5, 0.6) is 5.75 Å². The first-order valence-corrected chi connectivity index (χ1v) is 5.35. The topological polar surface area (TPSA) is 46.5 Å².